The van der Waals surface area contributed by atoms with E-state index in [4.69, 9.17) is 0 Å². The third kappa shape index (κ3) is 6.15. The molecule has 1 aromatic carbocycles. The summed E-state index contributed by atoms with van der Waals surface area (Å²) in [6.07, 6.45) is 2.83. The second kappa shape index (κ2) is 11.3. The Morgan fingerprint density at radius 3 is 2.64 bits per heavy atom. The normalized spacial score (nSPS) is 17.2. The van der Waals surface area contributed by atoms with E-state index >= 15 is 0 Å². The molecule has 2 rings (SSSR count). The number of rotatable bonds is 11. The van der Waals surface area contributed by atoms with Crippen LogP contribution >= 0.6 is 11.8 Å². The molecule has 1 atom stereocenters. The Labute approximate surface area is 172 Å². The zero-order chi connectivity index (χ0) is 20.5. The maximum absolute atomic E-state index is 12.2. The van der Waals surface area contributed by atoms with Crippen molar-refractivity contribution in [2.45, 2.75) is 50.6 Å². The molecule has 0 aromatic heterocycles. The fourth-order valence-corrected chi connectivity index (χ4v) is 4.49. The second-order valence-electron chi connectivity index (χ2n) is 7.05. The van der Waals surface area contributed by atoms with Crippen molar-refractivity contribution in [1.29, 1.82) is 0 Å². The lowest BCUT2D eigenvalue weighted by Gasteiger charge is -2.30. The summed E-state index contributed by atoms with van der Waals surface area (Å²) in [6.45, 7) is 8.03. The number of carbonyl (C=O) groups is 3. The van der Waals surface area contributed by atoms with Crippen LogP contribution in [-0.4, -0.2) is 66.4 Å². The average Bonchev–Trinajstić information content (AvgIpc) is 2.68. The number of likely N-dealkylation sites (N-methyl/N-ethyl adjacent to an activating group) is 1. The molecule has 1 N–H and O–H groups in total. The van der Waals surface area contributed by atoms with E-state index < -0.39 is 0 Å². The number of amides is 2. The van der Waals surface area contributed by atoms with Crippen molar-refractivity contribution < 1.29 is 14.4 Å². The van der Waals surface area contributed by atoms with E-state index in [0.29, 0.717) is 24.9 Å². The third-order valence-electron chi connectivity index (χ3n) is 5.22. The maximum atomic E-state index is 12.2. The summed E-state index contributed by atoms with van der Waals surface area (Å²) < 4.78 is 0. The number of hydrogen-bond donors (Lipinski definition) is 1. The minimum Gasteiger partial charge on any atom is -0.304 e. The first kappa shape index (κ1) is 22.6. The molecule has 6 nitrogen and oxygen atoms in total. The van der Waals surface area contributed by atoms with Gasteiger partial charge in [-0.25, -0.2) is 0 Å². The third-order valence-corrected chi connectivity index (χ3v) is 6.40. The van der Waals surface area contributed by atoms with Crippen LogP contribution in [0.5, 0.6) is 0 Å². The summed E-state index contributed by atoms with van der Waals surface area (Å²) in [5, 5.41) is 2.40. The van der Waals surface area contributed by atoms with Crippen molar-refractivity contribution >= 4 is 29.9 Å². The first-order chi connectivity index (χ1) is 13.5. The van der Waals surface area contributed by atoms with E-state index in [-0.39, 0.29) is 17.9 Å². The zero-order valence-corrected chi connectivity index (χ0v) is 17.9. The van der Waals surface area contributed by atoms with Crippen molar-refractivity contribution in [1.82, 2.24) is 15.1 Å². The molecule has 7 heteroatoms. The Kier molecular flexibility index (Phi) is 9.15. The number of carbonyl (C=O) groups excluding carboxylic acids is 3. The van der Waals surface area contributed by atoms with E-state index in [2.05, 4.69) is 24.1 Å². The van der Waals surface area contributed by atoms with Crippen LogP contribution < -0.4 is 5.32 Å². The summed E-state index contributed by atoms with van der Waals surface area (Å²) in [6, 6.07) is 5.42. The summed E-state index contributed by atoms with van der Waals surface area (Å²) >= 11 is 1.76. The number of hydrogen-bond acceptors (Lipinski definition) is 6. The van der Waals surface area contributed by atoms with Gasteiger partial charge in [0.2, 0.25) is 11.8 Å². The zero-order valence-electron chi connectivity index (χ0n) is 17.1. The number of nitrogens with zero attached hydrogens (tertiary/aromatic N) is 2. The van der Waals surface area contributed by atoms with Crippen molar-refractivity contribution in [2.24, 2.45) is 0 Å². The topological polar surface area (TPSA) is 69.7 Å². The standard InChI is InChI=1S/C21H31N3O3S/c1-4-24(5-2)12-7-13-28-19-9-6-8-16(15-25)17(19)14-23(3)18-10-11-20(26)22-21(18)27/h6,8-9,15,18H,4-5,7,10-14H2,1-3H3,(H,22,26,27). The lowest BCUT2D eigenvalue weighted by atomic mass is 10.0. The van der Waals surface area contributed by atoms with Gasteiger partial charge in [0.25, 0.3) is 0 Å². The van der Waals surface area contributed by atoms with E-state index in [9.17, 15) is 14.4 Å². The number of aldehydes is 1. The smallest absolute Gasteiger partial charge is 0.243 e. The highest BCUT2D eigenvalue weighted by atomic mass is 32.2. The maximum Gasteiger partial charge on any atom is 0.243 e. The first-order valence-electron chi connectivity index (χ1n) is 9.96. The predicted octanol–water partition coefficient (Wildman–Crippen LogP) is 2.56. The van der Waals surface area contributed by atoms with Crippen molar-refractivity contribution in [2.75, 3.05) is 32.4 Å². The van der Waals surface area contributed by atoms with Crippen molar-refractivity contribution in [3.8, 4) is 0 Å². The number of nitrogens with one attached hydrogen (secondary N) is 1. The predicted molar refractivity (Wildman–Crippen MR) is 113 cm³/mol. The Hall–Kier alpha value is -1.70. The van der Waals surface area contributed by atoms with Crippen LogP contribution in [0.1, 0.15) is 49.0 Å². The summed E-state index contributed by atoms with van der Waals surface area (Å²) in [7, 11) is 1.87. The average molecular weight is 406 g/mol. The second-order valence-corrected chi connectivity index (χ2v) is 8.19. The Balaban J connectivity index is 2.04. The summed E-state index contributed by atoms with van der Waals surface area (Å²) in [5.41, 5.74) is 1.62. The molecule has 0 aliphatic carbocycles. The molecular formula is C21H31N3O3S. The van der Waals surface area contributed by atoms with Gasteiger partial charge < -0.3 is 4.90 Å². The van der Waals surface area contributed by atoms with Gasteiger partial charge in [-0.15, -0.1) is 11.8 Å². The molecule has 0 bridgehead atoms. The van der Waals surface area contributed by atoms with Crippen LogP contribution in [0.2, 0.25) is 0 Å². The SMILES string of the molecule is CCN(CC)CCCSc1cccc(C=O)c1CN(C)C1CCC(=O)NC1=O. The molecule has 1 aromatic rings. The summed E-state index contributed by atoms with van der Waals surface area (Å²) in [5.74, 6) is 0.511. The molecule has 1 unspecified atom stereocenters. The van der Waals surface area contributed by atoms with Gasteiger partial charge in [0, 0.05) is 23.4 Å². The Morgan fingerprint density at radius 1 is 1.25 bits per heavy atom. The molecule has 1 aliphatic rings. The molecular weight excluding hydrogens is 374 g/mol. The first-order valence-corrected chi connectivity index (χ1v) is 10.9. The minimum atomic E-state index is -0.349. The van der Waals surface area contributed by atoms with Crippen molar-refractivity contribution in [3.05, 3.63) is 29.3 Å². The molecule has 1 heterocycles. The summed E-state index contributed by atoms with van der Waals surface area (Å²) in [4.78, 5) is 40.6. The van der Waals surface area contributed by atoms with E-state index in [0.717, 1.165) is 48.6 Å². The number of thioether (sulfide) groups is 1. The van der Waals surface area contributed by atoms with Gasteiger partial charge in [-0.2, -0.15) is 0 Å². The van der Waals surface area contributed by atoms with Crippen LogP contribution in [-0.2, 0) is 16.1 Å². The monoisotopic (exact) mass is 405 g/mol. The van der Waals surface area contributed by atoms with Gasteiger partial charge in [0.15, 0.2) is 0 Å². The quantitative estimate of drug-likeness (QED) is 0.264. The molecule has 154 valence electrons. The Bertz CT molecular complexity index is 691. The molecule has 28 heavy (non-hydrogen) atoms. The number of imide groups is 1. The van der Waals surface area contributed by atoms with E-state index in [1.54, 1.807) is 11.8 Å². The van der Waals surface area contributed by atoms with Gasteiger partial charge in [-0.3, -0.25) is 24.6 Å². The Morgan fingerprint density at radius 2 is 2.00 bits per heavy atom. The lowest BCUT2D eigenvalue weighted by molar-refractivity contribution is -0.137. The highest BCUT2D eigenvalue weighted by Gasteiger charge is 2.30. The lowest BCUT2D eigenvalue weighted by Crippen LogP contribution is -2.51. The number of piperidine rings is 1. The largest absolute Gasteiger partial charge is 0.304 e. The molecule has 1 aliphatic heterocycles. The van der Waals surface area contributed by atoms with Crippen LogP contribution in [0.4, 0.5) is 0 Å². The molecule has 0 saturated carbocycles. The highest BCUT2D eigenvalue weighted by Crippen LogP contribution is 2.28. The minimum absolute atomic E-state index is 0.215. The highest BCUT2D eigenvalue weighted by molar-refractivity contribution is 7.99. The van der Waals surface area contributed by atoms with Crippen LogP contribution in [0.15, 0.2) is 23.1 Å². The van der Waals surface area contributed by atoms with Gasteiger partial charge in [0.05, 0.1) is 6.04 Å². The van der Waals surface area contributed by atoms with Gasteiger partial charge in [0.1, 0.15) is 6.29 Å². The fraction of sp³-hybridized carbons (Fsp3) is 0.571. The number of benzene rings is 1. The van der Waals surface area contributed by atoms with Gasteiger partial charge in [-0.1, -0.05) is 26.0 Å². The van der Waals surface area contributed by atoms with Crippen LogP contribution in [0, 0.1) is 0 Å². The van der Waals surface area contributed by atoms with E-state index in [1.165, 1.54) is 0 Å². The van der Waals surface area contributed by atoms with Gasteiger partial charge >= 0.3 is 0 Å². The van der Waals surface area contributed by atoms with Gasteiger partial charge in [-0.05, 0) is 56.9 Å². The molecule has 2 amide bonds. The molecule has 1 saturated heterocycles. The van der Waals surface area contributed by atoms with Crippen LogP contribution in [0.3, 0.4) is 0 Å². The molecule has 1 fully saturated rings. The fourth-order valence-electron chi connectivity index (χ4n) is 3.47. The molecule has 0 spiro atoms. The molecule has 0 radical (unpaired) electrons. The van der Waals surface area contributed by atoms with Crippen LogP contribution in [0.25, 0.3) is 0 Å². The van der Waals surface area contributed by atoms with Crippen molar-refractivity contribution in [3.63, 3.8) is 0 Å². The van der Waals surface area contributed by atoms with E-state index in [1.807, 2.05) is 30.1 Å².